The molecular formula is C20H24O6. The molecule has 26 heavy (non-hydrogen) atoms. The highest BCUT2D eigenvalue weighted by Crippen LogP contribution is 2.29. The number of aryl methyl sites for hydroxylation is 1. The van der Waals surface area contributed by atoms with Crippen LogP contribution in [0.4, 0.5) is 0 Å². The van der Waals surface area contributed by atoms with E-state index < -0.39 is 5.97 Å². The minimum Gasteiger partial charge on any atom is -0.493 e. The van der Waals surface area contributed by atoms with E-state index in [1.54, 1.807) is 19.2 Å². The normalized spacial score (nSPS) is 10.2. The molecule has 0 radical (unpaired) electrons. The second-order valence-electron chi connectivity index (χ2n) is 5.46. The minimum absolute atomic E-state index is 0.0798. The van der Waals surface area contributed by atoms with E-state index in [4.69, 9.17) is 24.1 Å². The summed E-state index contributed by atoms with van der Waals surface area (Å²) < 4.78 is 22.3. The predicted molar refractivity (Wildman–Crippen MR) is 97.6 cm³/mol. The maximum Gasteiger partial charge on any atom is 0.303 e. The fourth-order valence-electron chi connectivity index (χ4n) is 2.39. The molecule has 0 aliphatic carbocycles. The van der Waals surface area contributed by atoms with Crippen LogP contribution >= 0.6 is 0 Å². The zero-order valence-electron chi connectivity index (χ0n) is 15.1. The van der Waals surface area contributed by atoms with Crippen LogP contribution < -0.4 is 18.9 Å². The first kappa shape index (κ1) is 19.4. The van der Waals surface area contributed by atoms with Gasteiger partial charge in [-0.1, -0.05) is 18.2 Å². The first-order valence-electron chi connectivity index (χ1n) is 8.50. The molecule has 0 aliphatic rings. The Morgan fingerprint density at radius 3 is 2.12 bits per heavy atom. The number of para-hydroxylation sites is 2. The molecule has 6 heteroatoms. The van der Waals surface area contributed by atoms with E-state index in [2.05, 4.69) is 0 Å². The van der Waals surface area contributed by atoms with Crippen molar-refractivity contribution in [2.75, 3.05) is 26.9 Å². The number of hydrogen-bond donors (Lipinski definition) is 1. The smallest absolute Gasteiger partial charge is 0.303 e. The van der Waals surface area contributed by atoms with Gasteiger partial charge in [-0.3, -0.25) is 4.79 Å². The number of carboxylic acids is 1. The van der Waals surface area contributed by atoms with Gasteiger partial charge >= 0.3 is 5.97 Å². The van der Waals surface area contributed by atoms with Crippen LogP contribution in [0, 0.1) is 0 Å². The molecule has 0 aliphatic heterocycles. The Morgan fingerprint density at radius 2 is 1.54 bits per heavy atom. The summed E-state index contributed by atoms with van der Waals surface area (Å²) in [5.74, 6) is 1.72. The zero-order chi connectivity index (χ0) is 18.8. The highest BCUT2D eigenvalue weighted by atomic mass is 16.5. The summed E-state index contributed by atoms with van der Waals surface area (Å²) in [4.78, 5) is 10.7. The highest BCUT2D eigenvalue weighted by molar-refractivity contribution is 5.67. The first-order valence-corrected chi connectivity index (χ1v) is 8.50. The van der Waals surface area contributed by atoms with E-state index >= 15 is 0 Å². The second kappa shape index (κ2) is 10.2. The van der Waals surface area contributed by atoms with Crippen molar-refractivity contribution < 1.29 is 28.8 Å². The predicted octanol–water partition coefficient (Wildman–Crippen LogP) is 3.57. The topological polar surface area (TPSA) is 74.2 Å². The van der Waals surface area contributed by atoms with Crippen LogP contribution in [0.3, 0.4) is 0 Å². The van der Waals surface area contributed by atoms with Crippen LogP contribution in [0.25, 0.3) is 0 Å². The molecule has 2 aromatic carbocycles. The maximum atomic E-state index is 10.7. The summed E-state index contributed by atoms with van der Waals surface area (Å²) in [5.41, 5.74) is 0.887. The zero-order valence-corrected chi connectivity index (χ0v) is 15.1. The van der Waals surface area contributed by atoms with E-state index in [0.717, 1.165) is 5.56 Å². The molecule has 140 valence electrons. The molecule has 0 fully saturated rings. The summed E-state index contributed by atoms with van der Waals surface area (Å²) in [6, 6.07) is 12.9. The second-order valence-corrected chi connectivity index (χ2v) is 5.46. The molecule has 0 saturated heterocycles. The lowest BCUT2D eigenvalue weighted by atomic mass is 10.1. The Labute approximate surface area is 153 Å². The van der Waals surface area contributed by atoms with E-state index in [1.807, 2.05) is 37.3 Å². The first-order chi connectivity index (χ1) is 12.6. The number of ether oxygens (including phenoxy) is 4. The van der Waals surface area contributed by atoms with Gasteiger partial charge in [-0.25, -0.2) is 0 Å². The van der Waals surface area contributed by atoms with Crippen molar-refractivity contribution in [3.05, 3.63) is 48.0 Å². The molecule has 0 aromatic heterocycles. The molecule has 1 N–H and O–H groups in total. The Bertz CT molecular complexity index is 713. The molecule has 0 saturated carbocycles. The van der Waals surface area contributed by atoms with Gasteiger partial charge in [0.05, 0.1) is 13.7 Å². The highest BCUT2D eigenvalue weighted by Gasteiger charge is 2.08. The number of benzene rings is 2. The number of hydrogen-bond acceptors (Lipinski definition) is 5. The van der Waals surface area contributed by atoms with Gasteiger partial charge in [0, 0.05) is 6.42 Å². The van der Waals surface area contributed by atoms with Gasteiger partial charge in [-0.05, 0) is 43.2 Å². The lowest BCUT2D eigenvalue weighted by Gasteiger charge is -2.14. The molecule has 2 rings (SSSR count). The number of aliphatic carboxylic acids is 1. The van der Waals surface area contributed by atoms with Crippen LogP contribution in [0.15, 0.2) is 42.5 Å². The van der Waals surface area contributed by atoms with Crippen LogP contribution in [0.2, 0.25) is 0 Å². The van der Waals surface area contributed by atoms with E-state index in [-0.39, 0.29) is 6.42 Å². The van der Waals surface area contributed by atoms with Crippen LogP contribution in [0.1, 0.15) is 18.9 Å². The average molecular weight is 360 g/mol. The fourth-order valence-corrected chi connectivity index (χ4v) is 2.39. The summed E-state index contributed by atoms with van der Waals surface area (Å²) in [5, 5.41) is 8.77. The molecule has 0 bridgehead atoms. The average Bonchev–Trinajstić information content (AvgIpc) is 2.65. The molecule has 0 atom stereocenters. The quantitative estimate of drug-likeness (QED) is 0.618. The van der Waals surface area contributed by atoms with Gasteiger partial charge in [0.2, 0.25) is 0 Å². The van der Waals surface area contributed by atoms with Crippen molar-refractivity contribution in [3.8, 4) is 23.0 Å². The molecule has 2 aromatic rings. The Morgan fingerprint density at radius 1 is 0.923 bits per heavy atom. The van der Waals surface area contributed by atoms with E-state index in [0.29, 0.717) is 49.2 Å². The number of carbonyl (C=O) groups is 1. The van der Waals surface area contributed by atoms with Gasteiger partial charge in [-0.15, -0.1) is 0 Å². The number of methoxy groups -OCH3 is 1. The van der Waals surface area contributed by atoms with Gasteiger partial charge in [-0.2, -0.15) is 0 Å². The van der Waals surface area contributed by atoms with Gasteiger partial charge in [0.1, 0.15) is 13.2 Å². The van der Waals surface area contributed by atoms with Crippen molar-refractivity contribution >= 4 is 5.97 Å². The third-order valence-corrected chi connectivity index (χ3v) is 3.60. The van der Waals surface area contributed by atoms with Crippen LogP contribution in [-0.4, -0.2) is 38.0 Å². The lowest BCUT2D eigenvalue weighted by molar-refractivity contribution is -0.136. The Balaban J connectivity index is 1.88. The summed E-state index contributed by atoms with van der Waals surface area (Å²) in [6.45, 7) is 3.19. The SMILES string of the molecule is CCOc1ccccc1OCCOc1ccc(CCC(=O)O)cc1OC. The van der Waals surface area contributed by atoms with Gasteiger partial charge < -0.3 is 24.1 Å². The summed E-state index contributed by atoms with van der Waals surface area (Å²) in [7, 11) is 1.55. The standard InChI is InChI=1S/C20H24O6/c1-3-24-16-6-4-5-7-17(16)25-12-13-26-18-10-8-15(9-11-20(21)22)14-19(18)23-2/h4-8,10,14H,3,9,11-13H2,1-2H3,(H,21,22). The van der Waals surface area contributed by atoms with E-state index in [9.17, 15) is 4.79 Å². The molecule has 0 unspecified atom stereocenters. The lowest BCUT2D eigenvalue weighted by Crippen LogP contribution is -2.10. The largest absolute Gasteiger partial charge is 0.493 e. The number of rotatable bonds is 11. The van der Waals surface area contributed by atoms with Gasteiger partial charge in [0.25, 0.3) is 0 Å². The molecule has 0 heterocycles. The van der Waals surface area contributed by atoms with E-state index in [1.165, 1.54) is 0 Å². The molecular weight excluding hydrogens is 336 g/mol. The molecule has 0 amide bonds. The van der Waals surface area contributed by atoms with Crippen molar-refractivity contribution in [3.63, 3.8) is 0 Å². The van der Waals surface area contributed by atoms with Crippen LogP contribution in [-0.2, 0) is 11.2 Å². The fraction of sp³-hybridized carbons (Fsp3) is 0.350. The summed E-state index contributed by atoms with van der Waals surface area (Å²) in [6.07, 6.45) is 0.528. The van der Waals surface area contributed by atoms with Crippen molar-refractivity contribution in [1.29, 1.82) is 0 Å². The molecule has 6 nitrogen and oxygen atoms in total. The monoisotopic (exact) mass is 360 g/mol. The maximum absolute atomic E-state index is 10.7. The van der Waals surface area contributed by atoms with Crippen molar-refractivity contribution in [2.45, 2.75) is 19.8 Å². The van der Waals surface area contributed by atoms with Gasteiger partial charge in [0.15, 0.2) is 23.0 Å². The Hall–Kier alpha value is -2.89. The minimum atomic E-state index is -0.825. The summed E-state index contributed by atoms with van der Waals surface area (Å²) >= 11 is 0. The Kier molecular flexibility index (Phi) is 7.61. The van der Waals surface area contributed by atoms with Crippen molar-refractivity contribution in [2.24, 2.45) is 0 Å². The molecule has 0 spiro atoms. The van der Waals surface area contributed by atoms with Crippen molar-refractivity contribution in [1.82, 2.24) is 0 Å². The third-order valence-electron chi connectivity index (χ3n) is 3.60. The third kappa shape index (κ3) is 5.88. The van der Waals surface area contributed by atoms with Crippen LogP contribution in [0.5, 0.6) is 23.0 Å². The number of carboxylic acid groups (broad SMARTS) is 1.